The molecule has 0 aromatic carbocycles. The number of aliphatic carboxylic acids is 1. The first-order valence-electron chi connectivity index (χ1n) is 4.65. The van der Waals surface area contributed by atoms with E-state index in [1.165, 1.54) is 23.8 Å². The molecule has 0 aliphatic carbocycles. The molecular formula is C9H11NO5S. The summed E-state index contributed by atoms with van der Waals surface area (Å²) >= 11 is 1.30. The Morgan fingerprint density at radius 2 is 2.38 bits per heavy atom. The Labute approximate surface area is 95.9 Å². The van der Waals surface area contributed by atoms with Crippen molar-refractivity contribution in [2.75, 3.05) is 13.7 Å². The largest absolute Gasteiger partial charge is 0.479 e. The number of nitrogens with zero attached hydrogens (tertiary/aromatic N) is 1. The lowest BCUT2D eigenvalue weighted by Crippen LogP contribution is -2.69. The molecule has 2 aliphatic rings. The Morgan fingerprint density at radius 1 is 1.69 bits per heavy atom. The number of hydrogen-bond acceptors (Lipinski definition) is 5. The van der Waals surface area contributed by atoms with Gasteiger partial charge >= 0.3 is 5.97 Å². The van der Waals surface area contributed by atoms with Crippen molar-refractivity contribution in [3.05, 3.63) is 11.0 Å². The van der Waals surface area contributed by atoms with E-state index in [9.17, 15) is 9.59 Å². The zero-order valence-electron chi connectivity index (χ0n) is 8.49. The number of ether oxygens (including phenoxy) is 1. The molecule has 0 bridgehead atoms. The van der Waals surface area contributed by atoms with Crippen LogP contribution >= 0.6 is 11.8 Å². The third-order valence-electron chi connectivity index (χ3n) is 2.69. The summed E-state index contributed by atoms with van der Waals surface area (Å²) in [4.78, 5) is 23.9. The third kappa shape index (κ3) is 1.43. The molecule has 88 valence electrons. The summed E-state index contributed by atoms with van der Waals surface area (Å²) in [5.74, 6) is -1.47. The minimum absolute atomic E-state index is 0.297. The molecule has 0 spiro atoms. The second kappa shape index (κ2) is 4.08. The monoisotopic (exact) mass is 245 g/mol. The minimum Gasteiger partial charge on any atom is -0.479 e. The molecule has 2 heterocycles. The van der Waals surface area contributed by atoms with Crippen LogP contribution in [-0.4, -0.2) is 58.2 Å². The molecule has 3 unspecified atom stereocenters. The zero-order valence-corrected chi connectivity index (χ0v) is 9.31. The van der Waals surface area contributed by atoms with Crippen molar-refractivity contribution >= 4 is 23.6 Å². The zero-order chi connectivity index (χ0) is 11.9. The van der Waals surface area contributed by atoms with Gasteiger partial charge in [-0.1, -0.05) is 0 Å². The van der Waals surface area contributed by atoms with E-state index >= 15 is 0 Å². The summed E-state index contributed by atoms with van der Waals surface area (Å²) in [6, 6.07) is -1.06. The van der Waals surface area contributed by atoms with Gasteiger partial charge in [0.05, 0.1) is 6.61 Å². The van der Waals surface area contributed by atoms with Gasteiger partial charge < -0.3 is 19.8 Å². The Morgan fingerprint density at radius 3 is 2.88 bits per heavy atom. The average Bonchev–Trinajstić information content (AvgIpc) is 2.27. The number of carbonyl (C=O) groups excluding carboxylic acids is 1. The van der Waals surface area contributed by atoms with Gasteiger partial charge in [-0.3, -0.25) is 4.79 Å². The molecule has 6 nitrogen and oxygen atoms in total. The smallest absolute Gasteiger partial charge is 0.330 e. The predicted molar refractivity (Wildman–Crippen MR) is 55.6 cm³/mol. The van der Waals surface area contributed by atoms with E-state index in [4.69, 9.17) is 14.9 Å². The second-order valence-electron chi connectivity index (χ2n) is 3.52. The van der Waals surface area contributed by atoms with E-state index in [0.29, 0.717) is 5.57 Å². The number of β-lactam (4-membered cyclic amide) rings is 1. The minimum atomic E-state index is -1.13. The number of fused-ring (bicyclic) bond motifs is 1. The van der Waals surface area contributed by atoms with Crippen LogP contribution < -0.4 is 0 Å². The average molecular weight is 245 g/mol. The van der Waals surface area contributed by atoms with Gasteiger partial charge in [-0.2, -0.15) is 0 Å². The molecule has 2 N–H and O–H groups in total. The Balaban J connectivity index is 2.28. The van der Waals surface area contributed by atoms with Crippen molar-refractivity contribution in [1.29, 1.82) is 0 Å². The number of thioether (sulfide) groups is 1. The molecule has 0 aromatic heterocycles. The maximum atomic E-state index is 11.6. The number of methoxy groups -OCH3 is 1. The molecular weight excluding hydrogens is 234 g/mol. The molecule has 1 saturated heterocycles. The number of aliphatic hydroxyl groups is 1. The van der Waals surface area contributed by atoms with Crippen LogP contribution in [0.1, 0.15) is 0 Å². The van der Waals surface area contributed by atoms with Crippen molar-refractivity contribution in [1.82, 2.24) is 4.90 Å². The maximum absolute atomic E-state index is 11.6. The van der Waals surface area contributed by atoms with Crippen molar-refractivity contribution in [2.24, 2.45) is 0 Å². The van der Waals surface area contributed by atoms with Gasteiger partial charge in [-0.15, -0.1) is 11.8 Å². The molecule has 0 saturated carbocycles. The van der Waals surface area contributed by atoms with Gasteiger partial charge in [-0.25, -0.2) is 4.79 Å². The fraction of sp³-hybridized carbons (Fsp3) is 0.556. The lowest BCUT2D eigenvalue weighted by atomic mass is 10.0. The maximum Gasteiger partial charge on any atom is 0.330 e. The van der Waals surface area contributed by atoms with Crippen LogP contribution in [0.15, 0.2) is 11.0 Å². The standard InChI is InChI=1S/C9H11NO5S/c1-15-6-7(12)10-5(9(13)14)4(2-11)3-16-8(6)10/h3,5-6,8,11H,2H2,1H3,(H,13,14). The quantitative estimate of drug-likeness (QED) is 0.636. The van der Waals surface area contributed by atoms with Gasteiger partial charge in [0, 0.05) is 7.11 Å². The Bertz CT molecular complexity index is 369. The van der Waals surface area contributed by atoms with Crippen LogP contribution in [0.25, 0.3) is 0 Å². The molecule has 2 rings (SSSR count). The number of aliphatic hydroxyl groups excluding tert-OH is 1. The molecule has 0 radical (unpaired) electrons. The van der Waals surface area contributed by atoms with Crippen LogP contribution in [0.5, 0.6) is 0 Å². The summed E-state index contributed by atoms with van der Waals surface area (Å²) < 4.78 is 4.97. The number of carboxylic acid groups (broad SMARTS) is 1. The van der Waals surface area contributed by atoms with Crippen LogP contribution in [0.4, 0.5) is 0 Å². The van der Waals surface area contributed by atoms with Gasteiger partial charge in [0.1, 0.15) is 5.37 Å². The summed E-state index contributed by atoms with van der Waals surface area (Å²) in [6.45, 7) is -0.363. The Kier molecular flexibility index (Phi) is 2.92. The van der Waals surface area contributed by atoms with Crippen LogP contribution in [0, 0.1) is 0 Å². The highest BCUT2D eigenvalue weighted by atomic mass is 32.2. The number of hydrogen-bond donors (Lipinski definition) is 2. The van der Waals surface area contributed by atoms with Crippen LogP contribution in [0.2, 0.25) is 0 Å². The summed E-state index contributed by atoms with van der Waals surface area (Å²) in [5, 5.41) is 19.4. The van der Waals surface area contributed by atoms with E-state index in [-0.39, 0.29) is 17.9 Å². The second-order valence-corrected chi connectivity index (χ2v) is 4.51. The normalized spacial score (nSPS) is 32.9. The first-order chi connectivity index (χ1) is 7.61. The lowest BCUT2D eigenvalue weighted by molar-refractivity contribution is -0.172. The molecule has 16 heavy (non-hydrogen) atoms. The van der Waals surface area contributed by atoms with Crippen molar-refractivity contribution in [3.8, 4) is 0 Å². The Hall–Kier alpha value is -1.05. The molecule has 0 aromatic rings. The van der Waals surface area contributed by atoms with E-state index in [2.05, 4.69) is 0 Å². The number of carbonyl (C=O) groups is 2. The fourth-order valence-corrected chi connectivity index (χ4v) is 3.13. The van der Waals surface area contributed by atoms with E-state index in [1.54, 1.807) is 5.41 Å². The molecule has 1 fully saturated rings. The topological polar surface area (TPSA) is 87.1 Å². The molecule has 7 heteroatoms. The predicted octanol–water partition coefficient (Wildman–Crippen LogP) is -0.754. The van der Waals surface area contributed by atoms with E-state index < -0.39 is 18.1 Å². The number of rotatable bonds is 3. The first-order valence-corrected chi connectivity index (χ1v) is 5.59. The van der Waals surface area contributed by atoms with Gasteiger partial charge in [0.2, 0.25) is 0 Å². The first kappa shape index (κ1) is 11.4. The van der Waals surface area contributed by atoms with Gasteiger partial charge in [0.15, 0.2) is 12.1 Å². The number of amides is 1. The van der Waals surface area contributed by atoms with Crippen molar-refractivity contribution < 1.29 is 24.5 Å². The number of carboxylic acids is 1. The van der Waals surface area contributed by atoms with Gasteiger partial charge in [-0.05, 0) is 11.0 Å². The van der Waals surface area contributed by atoms with Crippen molar-refractivity contribution in [3.63, 3.8) is 0 Å². The highest BCUT2D eigenvalue weighted by Crippen LogP contribution is 2.40. The SMILES string of the molecule is COC1C(=O)N2C(C(=O)O)C(CO)=CSC12. The summed E-state index contributed by atoms with van der Waals surface area (Å²) in [5.41, 5.74) is 0.330. The fourth-order valence-electron chi connectivity index (χ4n) is 1.89. The van der Waals surface area contributed by atoms with Crippen LogP contribution in [0.3, 0.4) is 0 Å². The summed E-state index contributed by atoms with van der Waals surface area (Å²) in [7, 11) is 1.42. The summed E-state index contributed by atoms with van der Waals surface area (Å²) in [6.07, 6.45) is -0.580. The molecule has 1 amide bonds. The van der Waals surface area contributed by atoms with Crippen molar-refractivity contribution in [2.45, 2.75) is 17.5 Å². The molecule has 3 atom stereocenters. The highest BCUT2D eigenvalue weighted by molar-refractivity contribution is 8.02. The van der Waals surface area contributed by atoms with E-state index in [0.717, 1.165) is 0 Å². The highest BCUT2D eigenvalue weighted by Gasteiger charge is 2.55. The van der Waals surface area contributed by atoms with Gasteiger partial charge in [0.25, 0.3) is 5.91 Å². The third-order valence-corrected chi connectivity index (χ3v) is 3.88. The van der Waals surface area contributed by atoms with E-state index in [1.807, 2.05) is 0 Å². The van der Waals surface area contributed by atoms with Crippen LogP contribution in [-0.2, 0) is 14.3 Å². The lowest BCUT2D eigenvalue weighted by Gasteiger charge is -2.50. The molecule has 2 aliphatic heterocycles.